The van der Waals surface area contributed by atoms with Crippen LogP contribution in [-0.2, 0) is 4.74 Å². The topological polar surface area (TPSA) is 48.4 Å². The van der Waals surface area contributed by atoms with E-state index >= 15 is 0 Å². The van der Waals surface area contributed by atoms with Gasteiger partial charge in [0.05, 0.1) is 19.9 Å². The molecule has 1 heterocycles. The van der Waals surface area contributed by atoms with Crippen molar-refractivity contribution in [2.45, 2.75) is 44.9 Å². The molecule has 4 heteroatoms. The van der Waals surface area contributed by atoms with Gasteiger partial charge in [0, 0.05) is 11.3 Å². The maximum Gasteiger partial charge on any atom is 0.356 e. The highest BCUT2D eigenvalue weighted by atomic mass is 16.5. The maximum atomic E-state index is 12.4. The molecule has 27 heavy (non-hydrogen) atoms. The number of fused-ring (bicyclic) bond motifs is 3. The van der Waals surface area contributed by atoms with Crippen LogP contribution in [0.5, 0.6) is 5.75 Å². The van der Waals surface area contributed by atoms with Gasteiger partial charge < -0.3 is 9.47 Å². The average molecular weight is 363 g/mol. The first kappa shape index (κ1) is 17.8. The molecular formula is C23H25NO3. The molecule has 1 saturated carbocycles. The van der Waals surface area contributed by atoms with Gasteiger partial charge in [0.2, 0.25) is 0 Å². The Hall–Kier alpha value is -2.62. The minimum Gasteiger partial charge on any atom is -0.497 e. The fraction of sp³-hybridized carbons (Fsp3) is 0.391. The van der Waals surface area contributed by atoms with E-state index in [-0.39, 0.29) is 5.97 Å². The highest BCUT2D eigenvalue weighted by Gasteiger charge is 2.25. The van der Waals surface area contributed by atoms with Crippen LogP contribution in [0.1, 0.15) is 59.8 Å². The van der Waals surface area contributed by atoms with Crippen LogP contribution in [-0.4, -0.2) is 25.2 Å². The van der Waals surface area contributed by atoms with Crippen molar-refractivity contribution in [2.24, 2.45) is 0 Å². The lowest BCUT2D eigenvalue weighted by molar-refractivity contribution is 0.0593. The molecule has 1 fully saturated rings. The van der Waals surface area contributed by atoms with Crippen molar-refractivity contribution in [2.75, 3.05) is 14.2 Å². The first-order chi connectivity index (χ1) is 13.1. The van der Waals surface area contributed by atoms with E-state index in [2.05, 4.69) is 24.3 Å². The molecule has 2 aromatic carbocycles. The Morgan fingerprint density at radius 1 is 1.04 bits per heavy atom. The van der Waals surface area contributed by atoms with Crippen molar-refractivity contribution in [1.82, 2.24) is 4.98 Å². The first-order valence-corrected chi connectivity index (χ1v) is 9.63. The Kier molecular flexibility index (Phi) is 4.73. The second-order valence-electron chi connectivity index (χ2n) is 7.37. The molecule has 0 atom stereocenters. The van der Waals surface area contributed by atoms with E-state index in [0.29, 0.717) is 11.6 Å². The zero-order chi connectivity index (χ0) is 19.0. The molecule has 4 nitrogen and oxygen atoms in total. The third-order valence-corrected chi connectivity index (χ3v) is 5.85. The lowest BCUT2D eigenvalue weighted by atomic mass is 9.83. The predicted molar refractivity (Wildman–Crippen MR) is 108 cm³/mol. The summed E-state index contributed by atoms with van der Waals surface area (Å²) in [6.45, 7) is 1.96. The summed E-state index contributed by atoms with van der Waals surface area (Å²) in [5.41, 5.74) is 2.37. The molecular weight excluding hydrogens is 338 g/mol. The Bertz CT molecular complexity index is 1020. The van der Waals surface area contributed by atoms with Crippen LogP contribution in [0.25, 0.3) is 21.5 Å². The fourth-order valence-corrected chi connectivity index (χ4v) is 4.38. The second kappa shape index (κ2) is 7.18. The van der Waals surface area contributed by atoms with E-state index in [1.165, 1.54) is 37.1 Å². The fourth-order valence-electron chi connectivity index (χ4n) is 4.38. The highest BCUT2D eigenvalue weighted by molar-refractivity contribution is 6.11. The summed E-state index contributed by atoms with van der Waals surface area (Å²) in [4.78, 5) is 17.2. The lowest BCUT2D eigenvalue weighted by Gasteiger charge is -2.24. The number of hydrogen-bond donors (Lipinski definition) is 0. The number of carbonyl (C=O) groups is 1. The lowest BCUT2D eigenvalue weighted by Crippen LogP contribution is -2.14. The van der Waals surface area contributed by atoms with E-state index in [4.69, 9.17) is 14.5 Å². The van der Waals surface area contributed by atoms with E-state index < -0.39 is 0 Å². The zero-order valence-corrected chi connectivity index (χ0v) is 16.2. The van der Waals surface area contributed by atoms with Crippen molar-refractivity contribution in [3.63, 3.8) is 0 Å². The summed E-state index contributed by atoms with van der Waals surface area (Å²) >= 11 is 0. The molecule has 0 aliphatic heterocycles. The van der Waals surface area contributed by atoms with Crippen LogP contribution in [0.3, 0.4) is 0 Å². The Morgan fingerprint density at radius 3 is 2.48 bits per heavy atom. The molecule has 1 aliphatic carbocycles. The van der Waals surface area contributed by atoms with Crippen molar-refractivity contribution in [1.29, 1.82) is 0 Å². The van der Waals surface area contributed by atoms with Crippen LogP contribution in [0.15, 0.2) is 30.3 Å². The van der Waals surface area contributed by atoms with Gasteiger partial charge >= 0.3 is 5.97 Å². The molecule has 4 rings (SSSR count). The van der Waals surface area contributed by atoms with Crippen molar-refractivity contribution in [3.8, 4) is 5.75 Å². The van der Waals surface area contributed by atoms with Gasteiger partial charge in [0.15, 0.2) is 5.69 Å². The average Bonchev–Trinajstić information content (AvgIpc) is 2.73. The summed E-state index contributed by atoms with van der Waals surface area (Å²) in [5, 5.41) is 4.56. The third kappa shape index (κ3) is 3.03. The van der Waals surface area contributed by atoms with Gasteiger partial charge in [-0.15, -0.1) is 0 Å². The van der Waals surface area contributed by atoms with Crippen LogP contribution >= 0.6 is 0 Å². The second-order valence-corrected chi connectivity index (χ2v) is 7.37. The summed E-state index contributed by atoms with van der Waals surface area (Å²) in [6, 6.07) is 10.4. The SMILES string of the molecule is COC(=O)c1nc(C2CCCCC2)c2c(ccc3cc(OC)ccc32)c1C. The molecule has 0 amide bonds. The number of benzene rings is 2. The van der Waals surface area contributed by atoms with Crippen LogP contribution in [0, 0.1) is 6.92 Å². The van der Waals surface area contributed by atoms with Gasteiger partial charge in [-0.1, -0.05) is 37.5 Å². The smallest absolute Gasteiger partial charge is 0.356 e. The van der Waals surface area contributed by atoms with E-state index in [1.54, 1.807) is 7.11 Å². The van der Waals surface area contributed by atoms with E-state index in [1.807, 2.05) is 13.0 Å². The normalized spacial score (nSPS) is 15.2. The molecule has 1 aliphatic rings. The van der Waals surface area contributed by atoms with Crippen molar-refractivity contribution < 1.29 is 14.3 Å². The molecule has 0 radical (unpaired) electrons. The molecule has 0 saturated heterocycles. The number of aromatic nitrogens is 1. The summed E-state index contributed by atoms with van der Waals surface area (Å²) in [6.07, 6.45) is 5.96. The van der Waals surface area contributed by atoms with Crippen LogP contribution in [0.2, 0.25) is 0 Å². The minimum atomic E-state index is -0.360. The van der Waals surface area contributed by atoms with Gasteiger partial charge in [-0.3, -0.25) is 0 Å². The molecule has 0 bridgehead atoms. The molecule has 1 aromatic heterocycles. The molecule has 0 spiro atoms. The zero-order valence-electron chi connectivity index (χ0n) is 16.2. The number of aryl methyl sites for hydroxylation is 1. The number of esters is 1. The Balaban J connectivity index is 2.06. The number of carbonyl (C=O) groups excluding carboxylic acids is 1. The molecule has 0 N–H and O–H groups in total. The Labute approximate surface area is 159 Å². The van der Waals surface area contributed by atoms with Gasteiger partial charge in [-0.2, -0.15) is 0 Å². The number of methoxy groups -OCH3 is 2. The van der Waals surface area contributed by atoms with E-state index in [0.717, 1.165) is 40.6 Å². The number of hydrogen-bond acceptors (Lipinski definition) is 4. The minimum absolute atomic E-state index is 0.360. The Morgan fingerprint density at radius 2 is 1.78 bits per heavy atom. The summed E-state index contributed by atoms with van der Waals surface area (Å²) in [5.74, 6) is 0.871. The van der Waals surface area contributed by atoms with E-state index in [9.17, 15) is 4.79 Å². The van der Waals surface area contributed by atoms with Crippen molar-refractivity contribution >= 4 is 27.5 Å². The van der Waals surface area contributed by atoms with Gasteiger partial charge in [0.25, 0.3) is 0 Å². The number of nitrogens with zero attached hydrogens (tertiary/aromatic N) is 1. The molecule has 140 valence electrons. The molecule has 3 aromatic rings. The van der Waals surface area contributed by atoms with Gasteiger partial charge in [-0.05, 0) is 53.6 Å². The number of rotatable bonds is 3. The van der Waals surface area contributed by atoms with Crippen molar-refractivity contribution in [3.05, 3.63) is 47.3 Å². The standard InChI is InChI=1S/C23H25NO3/c1-14-18-11-9-16-13-17(26-2)10-12-19(16)20(18)22(15-7-5-4-6-8-15)24-21(14)23(25)27-3/h9-13,15H,4-8H2,1-3H3. The summed E-state index contributed by atoms with van der Waals surface area (Å²) < 4.78 is 10.4. The monoisotopic (exact) mass is 363 g/mol. The predicted octanol–water partition coefficient (Wildman–Crippen LogP) is 5.54. The highest BCUT2D eigenvalue weighted by Crippen LogP contribution is 2.40. The third-order valence-electron chi connectivity index (χ3n) is 5.85. The quantitative estimate of drug-likeness (QED) is 0.453. The van der Waals surface area contributed by atoms with Gasteiger partial charge in [-0.25, -0.2) is 9.78 Å². The van der Waals surface area contributed by atoms with Crippen LogP contribution < -0.4 is 4.74 Å². The summed E-state index contributed by atoms with van der Waals surface area (Å²) in [7, 11) is 3.10. The number of ether oxygens (including phenoxy) is 2. The first-order valence-electron chi connectivity index (χ1n) is 9.63. The van der Waals surface area contributed by atoms with Crippen LogP contribution in [0.4, 0.5) is 0 Å². The van der Waals surface area contributed by atoms with Gasteiger partial charge in [0.1, 0.15) is 5.75 Å². The number of pyridine rings is 1. The maximum absolute atomic E-state index is 12.4. The largest absolute Gasteiger partial charge is 0.497 e. The molecule has 0 unspecified atom stereocenters.